The Kier molecular flexibility index (Phi) is 5.15. The quantitative estimate of drug-likeness (QED) is 0.816. The van der Waals surface area contributed by atoms with Crippen LogP contribution >= 0.6 is 15.9 Å². The van der Waals surface area contributed by atoms with Gasteiger partial charge in [0.05, 0.1) is 30.7 Å². The van der Waals surface area contributed by atoms with E-state index in [4.69, 9.17) is 14.6 Å². The van der Waals surface area contributed by atoms with Crippen LogP contribution in [-0.2, 0) is 4.79 Å². The monoisotopic (exact) mass is 316 g/mol. The van der Waals surface area contributed by atoms with Crippen molar-refractivity contribution in [3.05, 3.63) is 22.2 Å². The Labute approximate surface area is 113 Å². The van der Waals surface area contributed by atoms with Gasteiger partial charge in [-0.1, -0.05) is 0 Å². The van der Waals surface area contributed by atoms with Gasteiger partial charge < -0.3 is 14.6 Å². The van der Waals surface area contributed by atoms with Crippen LogP contribution in [-0.4, -0.2) is 31.1 Å². The highest BCUT2D eigenvalue weighted by molar-refractivity contribution is 9.10. The van der Waals surface area contributed by atoms with Crippen molar-refractivity contribution in [3.8, 4) is 11.5 Å². The predicted molar refractivity (Wildman–Crippen MR) is 68.4 cm³/mol. The second-order valence-electron chi connectivity index (χ2n) is 3.50. The van der Waals surface area contributed by atoms with Gasteiger partial charge >= 0.3 is 5.97 Å². The summed E-state index contributed by atoms with van der Waals surface area (Å²) in [7, 11) is 2.93. The van der Waals surface area contributed by atoms with E-state index in [-0.39, 0.29) is 18.6 Å². The molecule has 0 aliphatic carbocycles. The zero-order chi connectivity index (χ0) is 13.7. The molecule has 0 fully saturated rings. The van der Waals surface area contributed by atoms with Gasteiger partial charge in [0.2, 0.25) is 0 Å². The van der Waals surface area contributed by atoms with Crippen molar-refractivity contribution < 1.29 is 24.2 Å². The molecule has 18 heavy (non-hydrogen) atoms. The number of benzene rings is 1. The molecule has 0 heterocycles. The van der Waals surface area contributed by atoms with Gasteiger partial charge in [0.15, 0.2) is 5.78 Å². The maximum absolute atomic E-state index is 11.9. The zero-order valence-electron chi connectivity index (χ0n) is 10.0. The molecule has 1 aromatic carbocycles. The average molecular weight is 317 g/mol. The summed E-state index contributed by atoms with van der Waals surface area (Å²) in [6.07, 6.45) is -0.281. The molecule has 0 saturated carbocycles. The van der Waals surface area contributed by atoms with Crippen molar-refractivity contribution in [1.29, 1.82) is 0 Å². The van der Waals surface area contributed by atoms with Crippen LogP contribution in [0.5, 0.6) is 11.5 Å². The first-order valence-corrected chi connectivity index (χ1v) is 5.95. The maximum atomic E-state index is 11.9. The molecule has 0 aliphatic rings. The van der Waals surface area contributed by atoms with Gasteiger partial charge in [-0.3, -0.25) is 9.59 Å². The lowest BCUT2D eigenvalue weighted by molar-refractivity contribution is -0.136. The van der Waals surface area contributed by atoms with Crippen LogP contribution < -0.4 is 9.47 Å². The van der Waals surface area contributed by atoms with Crippen molar-refractivity contribution in [1.82, 2.24) is 0 Å². The average Bonchev–Trinajstić information content (AvgIpc) is 2.35. The molecule has 0 aromatic heterocycles. The lowest BCUT2D eigenvalue weighted by atomic mass is 10.1. The summed E-state index contributed by atoms with van der Waals surface area (Å²) in [6, 6.07) is 3.15. The molecule has 1 rings (SSSR count). The lowest BCUT2D eigenvalue weighted by Gasteiger charge is -2.11. The van der Waals surface area contributed by atoms with Crippen LogP contribution in [0, 0.1) is 0 Å². The fourth-order valence-electron chi connectivity index (χ4n) is 1.43. The molecule has 98 valence electrons. The maximum Gasteiger partial charge on any atom is 0.303 e. The van der Waals surface area contributed by atoms with Crippen LogP contribution in [0.1, 0.15) is 23.2 Å². The van der Waals surface area contributed by atoms with Crippen molar-refractivity contribution in [2.24, 2.45) is 0 Å². The van der Waals surface area contributed by atoms with E-state index in [0.717, 1.165) is 0 Å². The summed E-state index contributed by atoms with van der Waals surface area (Å²) in [5, 5.41) is 8.56. The fourth-order valence-corrected chi connectivity index (χ4v) is 1.92. The highest BCUT2D eigenvalue weighted by Gasteiger charge is 2.17. The smallest absolute Gasteiger partial charge is 0.303 e. The molecule has 0 spiro atoms. The second-order valence-corrected chi connectivity index (χ2v) is 4.36. The summed E-state index contributed by atoms with van der Waals surface area (Å²) < 4.78 is 10.9. The minimum absolute atomic E-state index is 0.0729. The van der Waals surface area contributed by atoms with E-state index < -0.39 is 5.97 Å². The molecule has 1 N–H and O–H groups in total. The van der Waals surface area contributed by atoms with Crippen LogP contribution in [0.25, 0.3) is 0 Å². The number of rotatable bonds is 6. The summed E-state index contributed by atoms with van der Waals surface area (Å²) in [5.41, 5.74) is 0.318. The molecule has 0 saturated heterocycles. The van der Waals surface area contributed by atoms with E-state index in [9.17, 15) is 9.59 Å². The van der Waals surface area contributed by atoms with Gasteiger partial charge in [-0.25, -0.2) is 0 Å². The highest BCUT2D eigenvalue weighted by Crippen LogP contribution is 2.33. The highest BCUT2D eigenvalue weighted by atomic mass is 79.9. The molecule has 0 unspecified atom stereocenters. The number of carbonyl (C=O) groups is 2. The zero-order valence-corrected chi connectivity index (χ0v) is 11.6. The number of halogens is 1. The molecule has 0 radical (unpaired) electrons. The molecular weight excluding hydrogens is 304 g/mol. The number of hydrogen-bond acceptors (Lipinski definition) is 4. The molecule has 0 aliphatic heterocycles. The van der Waals surface area contributed by atoms with Crippen molar-refractivity contribution in [2.45, 2.75) is 12.8 Å². The molecule has 0 atom stereocenters. The van der Waals surface area contributed by atoms with Crippen molar-refractivity contribution >= 4 is 27.7 Å². The predicted octanol–water partition coefficient (Wildman–Crippen LogP) is 2.51. The molecule has 1 aromatic rings. The van der Waals surface area contributed by atoms with Crippen LogP contribution in [0.4, 0.5) is 0 Å². The lowest BCUT2D eigenvalue weighted by Crippen LogP contribution is -2.06. The van der Waals surface area contributed by atoms with E-state index >= 15 is 0 Å². The van der Waals surface area contributed by atoms with Crippen molar-refractivity contribution in [3.63, 3.8) is 0 Å². The van der Waals surface area contributed by atoms with Crippen LogP contribution in [0.3, 0.4) is 0 Å². The number of carboxylic acid groups (broad SMARTS) is 1. The number of Topliss-reactive ketones (excluding diaryl/α,β-unsaturated/α-hetero) is 1. The van der Waals surface area contributed by atoms with E-state index in [2.05, 4.69) is 15.9 Å². The van der Waals surface area contributed by atoms with E-state index in [1.54, 1.807) is 6.07 Å². The van der Waals surface area contributed by atoms with Gasteiger partial charge in [-0.2, -0.15) is 0 Å². The first-order chi connectivity index (χ1) is 8.49. The number of methoxy groups -OCH3 is 2. The summed E-state index contributed by atoms with van der Waals surface area (Å²) >= 11 is 3.28. The Morgan fingerprint density at radius 1 is 1.17 bits per heavy atom. The number of carboxylic acids is 1. The Bertz CT molecular complexity index is 470. The van der Waals surface area contributed by atoms with Crippen LogP contribution in [0.2, 0.25) is 0 Å². The Morgan fingerprint density at radius 2 is 1.78 bits per heavy atom. The summed E-state index contributed by atoms with van der Waals surface area (Å²) in [4.78, 5) is 22.3. The first kappa shape index (κ1) is 14.5. The normalized spacial score (nSPS) is 9.94. The number of hydrogen-bond donors (Lipinski definition) is 1. The molecule has 6 heteroatoms. The van der Waals surface area contributed by atoms with Gasteiger partial charge in [-0.15, -0.1) is 0 Å². The molecule has 0 amide bonds. The van der Waals surface area contributed by atoms with Crippen LogP contribution in [0.15, 0.2) is 16.6 Å². The minimum atomic E-state index is -1.01. The van der Waals surface area contributed by atoms with Gasteiger partial charge in [0.25, 0.3) is 0 Å². The standard InChI is InChI=1S/C12H13BrO5/c1-17-10-6-8(13)11(18-2)5-7(10)9(14)3-4-12(15)16/h5-6H,3-4H2,1-2H3,(H,15,16). The topological polar surface area (TPSA) is 72.8 Å². The number of carbonyl (C=O) groups excluding carboxylic acids is 1. The number of aliphatic carboxylic acids is 1. The Hall–Kier alpha value is -1.56. The Morgan fingerprint density at radius 3 is 2.28 bits per heavy atom. The Balaban J connectivity index is 3.05. The largest absolute Gasteiger partial charge is 0.496 e. The van der Waals surface area contributed by atoms with E-state index in [1.165, 1.54) is 20.3 Å². The summed E-state index contributed by atoms with van der Waals surface area (Å²) in [5.74, 6) is -0.418. The van der Waals surface area contributed by atoms with Gasteiger partial charge in [-0.05, 0) is 28.1 Å². The molecule has 5 nitrogen and oxygen atoms in total. The second kappa shape index (κ2) is 6.39. The fraction of sp³-hybridized carbons (Fsp3) is 0.333. The third-order valence-corrected chi connectivity index (χ3v) is 2.96. The third-order valence-electron chi connectivity index (χ3n) is 2.34. The SMILES string of the molecule is COc1cc(C(=O)CCC(=O)O)c(OC)cc1Br. The third kappa shape index (κ3) is 3.46. The van der Waals surface area contributed by atoms with Gasteiger partial charge in [0, 0.05) is 6.42 Å². The minimum Gasteiger partial charge on any atom is -0.496 e. The molecular formula is C12H13BrO5. The van der Waals surface area contributed by atoms with Crippen molar-refractivity contribution in [2.75, 3.05) is 14.2 Å². The number of ketones is 1. The van der Waals surface area contributed by atoms with E-state index in [0.29, 0.717) is 21.5 Å². The molecule has 0 bridgehead atoms. The summed E-state index contributed by atoms with van der Waals surface area (Å²) in [6.45, 7) is 0. The first-order valence-electron chi connectivity index (χ1n) is 5.16. The van der Waals surface area contributed by atoms with Gasteiger partial charge in [0.1, 0.15) is 11.5 Å². The van der Waals surface area contributed by atoms with E-state index in [1.807, 2.05) is 0 Å². The number of ether oxygens (including phenoxy) is 2.